The SMILES string of the molecule is Cc1ccc(S(=O)(=O)Nc2ccc3c(c2)N(C)C(=O)C3)cc1. The van der Waals surface area contributed by atoms with Gasteiger partial charge in [-0.25, -0.2) is 8.42 Å². The number of hydrogen-bond acceptors (Lipinski definition) is 3. The summed E-state index contributed by atoms with van der Waals surface area (Å²) >= 11 is 0. The highest BCUT2D eigenvalue weighted by molar-refractivity contribution is 7.92. The number of rotatable bonds is 3. The second kappa shape index (κ2) is 5.14. The second-order valence-corrected chi connectivity index (χ2v) is 7.07. The molecule has 0 unspecified atom stereocenters. The molecule has 2 aromatic rings. The zero-order valence-corrected chi connectivity index (χ0v) is 13.1. The van der Waals surface area contributed by atoms with Crippen molar-refractivity contribution in [2.24, 2.45) is 0 Å². The van der Waals surface area contributed by atoms with Gasteiger partial charge in [-0.05, 0) is 36.8 Å². The molecule has 1 aliphatic heterocycles. The molecule has 0 atom stereocenters. The topological polar surface area (TPSA) is 66.5 Å². The van der Waals surface area contributed by atoms with Gasteiger partial charge in [0, 0.05) is 12.7 Å². The van der Waals surface area contributed by atoms with Crippen LogP contribution in [0.25, 0.3) is 0 Å². The predicted molar refractivity (Wildman–Crippen MR) is 85.5 cm³/mol. The third kappa shape index (κ3) is 2.57. The molecule has 0 fully saturated rings. The van der Waals surface area contributed by atoms with Crippen molar-refractivity contribution in [1.82, 2.24) is 0 Å². The van der Waals surface area contributed by atoms with Crippen molar-refractivity contribution >= 4 is 27.3 Å². The largest absolute Gasteiger partial charge is 0.315 e. The van der Waals surface area contributed by atoms with Gasteiger partial charge in [-0.2, -0.15) is 0 Å². The standard InChI is InChI=1S/C16H16N2O3S/c1-11-3-7-14(8-4-11)22(20,21)17-13-6-5-12-9-16(19)18(2)15(12)10-13/h3-8,10,17H,9H2,1-2H3. The van der Waals surface area contributed by atoms with E-state index in [1.54, 1.807) is 54.4 Å². The summed E-state index contributed by atoms with van der Waals surface area (Å²) in [6.45, 7) is 1.90. The summed E-state index contributed by atoms with van der Waals surface area (Å²) < 4.78 is 27.3. The molecule has 1 heterocycles. The number of amides is 1. The third-order valence-electron chi connectivity index (χ3n) is 3.75. The summed E-state index contributed by atoms with van der Waals surface area (Å²) in [7, 11) is -1.95. The summed E-state index contributed by atoms with van der Waals surface area (Å²) in [4.78, 5) is 13.4. The quantitative estimate of drug-likeness (QED) is 0.945. The van der Waals surface area contributed by atoms with Crippen molar-refractivity contribution in [3.8, 4) is 0 Å². The zero-order chi connectivity index (χ0) is 15.9. The van der Waals surface area contributed by atoms with Crippen LogP contribution in [0.15, 0.2) is 47.4 Å². The van der Waals surface area contributed by atoms with E-state index < -0.39 is 10.0 Å². The van der Waals surface area contributed by atoms with Crippen molar-refractivity contribution in [3.05, 3.63) is 53.6 Å². The highest BCUT2D eigenvalue weighted by Crippen LogP contribution is 2.31. The lowest BCUT2D eigenvalue weighted by atomic mass is 10.1. The van der Waals surface area contributed by atoms with Crippen molar-refractivity contribution in [1.29, 1.82) is 0 Å². The Kier molecular flexibility index (Phi) is 3.41. The predicted octanol–water partition coefficient (Wildman–Crippen LogP) is 2.31. The fraction of sp³-hybridized carbons (Fsp3) is 0.188. The van der Waals surface area contributed by atoms with Crippen LogP contribution in [0.5, 0.6) is 0 Å². The molecule has 2 aromatic carbocycles. The average molecular weight is 316 g/mol. The van der Waals surface area contributed by atoms with E-state index in [1.807, 2.05) is 6.92 Å². The van der Waals surface area contributed by atoms with E-state index in [-0.39, 0.29) is 10.8 Å². The number of aryl methyl sites for hydroxylation is 1. The summed E-state index contributed by atoms with van der Waals surface area (Å²) in [5.41, 5.74) is 3.09. The number of hydrogen-bond donors (Lipinski definition) is 1. The number of nitrogens with one attached hydrogen (secondary N) is 1. The van der Waals surface area contributed by atoms with E-state index in [1.165, 1.54) is 0 Å². The minimum Gasteiger partial charge on any atom is -0.315 e. The van der Waals surface area contributed by atoms with E-state index in [2.05, 4.69) is 4.72 Å². The smallest absolute Gasteiger partial charge is 0.261 e. The number of anilines is 2. The molecular weight excluding hydrogens is 300 g/mol. The van der Waals surface area contributed by atoms with Gasteiger partial charge in [0.05, 0.1) is 17.0 Å². The molecule has 0 spiro atoms. The fourth-order valence-electron chi connectivity index (χ4n) is 2.44. The number of nitrogens with zero attached hydrogens (tertiary/aromatic N) is 1. The molecule has 0 aromatic heterocycles. The molecular formula is C16H16N2O3S. The Morgan fingerprint density at radius 1 is 1.09 bits per heavy atom. The normalized spacial score (nSPS) is 14.1. The number of carbonyl (C=O) groups is 1. The van der Waals surface area contributed by atoms with E-state index in [0.29, 0.717) is 12.1 Å². The molecule has 1 amide bonds. The first-order chi connectivity index (χ1) is 10.4. The number of sulfonamides is 1. The van der Waals surface area contributed by atoms with Gasteiger partial charge in [0.15, 0.2) is 0 Å². The van der Waals surface area contributed by atoms with E-state index in [4.69, 9.17) is 0 Å². The average Bonchev–Trinajstić information content (AvgIpc) is 2.74. The molecule has 0 saturated heterocycles. The molecule has 0 aliphatic carbocycles. The van der Waals surface area contributed by atoms with Crippen molar-refractivity contribution in [3.63, 3.8) is 0 Å². The van der Waals surface area contributed by atoms with E-state index in [9.17, 15) is 13.2 Å². The zero-order valence-electron chi connectivity index (χ0n) is 12.3. The first kappa shape index (κ1) is 14.6. The highest BCUT2D eigenvalue weighted by Gasteiger charge is 2.24. The fourth-order valence-corrected chi connectivity index (χ4v) is 3.49. The van der Waals surface area contributed by atoms with Crippen LogP contribution >= 0.6 is 0 Å². The molecule has 6 heteroatoms. The molecule has 1 aliphatic rings. The molecule has 0 radical (unpaired) electrons. The summed E-state index contributed by atoms with van der Waals surface area (Å²) in [6, 6.07) is 11.8. The minimum absolute atomic E-state index is 0.00791. The second-order valence-electron chi connectivity index (χ2n) is 5.39. The Morgan fingerprint density at radius 2 is 1.77 bits per heavy atom. The number of likely N-dealkylation sites (N-methyl/N-ethyl adjacent to an activating group) is 1. The number of benzene rings is 2. The van der Waals surface area contributed by atoms with Gasteiger partial charge in [0.2, 0.25) is 5.91 Å². The number of carbonyl (C=O) groups excluding carboxylic acids is 1. The minimum atomic E-state index is -3.63. The molecule has 114 valence electrons. The summed E-state index contributed by atoms with van der Waals surface area (Å²) in [5, 5.41) is 0. The van der Waals surface area contributed by atoms with Gasteiger partial charge in [0.1, 0.15) is 0 Å². The van der Waals surface area contributed by atoms with Crippen LogP contribution in [0.3, 0.4) is 0 Å². The van der Waals surface area contributed by atoms with Gasteiger partial charge in [0.25, 0.3) is 10.0 Å². The van der Waals surface area contributed by atoms with Crippen molar-refractivity contribution in [2.75, 3.05) is 16.7 Å². The Morgan fingerprint density at radius 3 is 2.45 bits per heavy atom. The monoisotopic (exact) mass is 316 g/mol. The van der Waals surface area contributed by atoms with Gasteiger partial charge < -0.3 is 4.90 Å². The van der Waals surface area contributed by atoms with Gasteiger partial charge >= 0.3 is 0 Å². The van der Waals surface area contributed by atoms with E-state index in [0.717, 1.165) is 16.8 Å². The molecule has 3 rings (SSSR count). The van der Waals surface area contributed by atoms with E-state index >= 15 is 0 Å². The van der Waals surface area contributed by atoms with Crippen LogP contribution in [0, 0.1) is 6.92 Å². The third-order valence-corrected chi connectivity index (χ3v) is 5.14. The maximum atomic E-state index is 12.4. The van der Waals surface area contributed by atoms with Crippen LogP contribution in [-0.4, -0.2) is 21.4 Å². The first-order valence-electron chi connectivity index (χ1n) is 6.86. The Hall–Kier alpha value is -2.34. The van der Waals surface area contributed by atoms with Crippen LogP contribution < -0.4 is 9.62 Å². The molecule has 22 heavy (non-hydrogen) atoms. The molecule has 0 saturated carbocycles. The molecule has 1 N–H and O–H groups in total. The van der Waals surface area contributed by atoms with Crippen LogP contribution in [0.2, 0.25) is 0 Å². The van der Waals surface area contributed by atoms with Crippen molar-refractivity contribution < 1.29 is 13.2 Å². The van der Waals surface area contributed by atoms with Gasteiger partial charge in [-0.15, -0.1) is 0 Å². The maximum absolute atomic E-state index is 12.4. The van der Waals surface area contributed by atoms with Gasteiger partial charge in [-0.1, -0.05) is 23.8 Å². The van der Waals surface area contributed by atoms with Gasteiger partial charge in [-0.3, -0.25) is 9.52 Å². The number of fused-ring (bicyclic) bond motifs is 1. The Balaban J connectivity index is 1.91. The van der Waals surface area contributed by atoms with Crippen LogP contribution in [0.1, 0.15) is 11.1 Å². The summed E-state index contributed by atoms with van der Waals surface area (Å²) in [6.07, 6.45) is 0.358. The molecule has 0 bridgehead atoms. The van der Waals surface area contributed by atoms with Crippen LogP contribution in [0.4, 0.5) is 11.4 Å². The Bertz CT molecular complexity index is 842. The lowest BCUT2D eigenvalue weighted by Gasteiger charge is -2.13. The lowest BCUT2D eigenvalue weighted by molar-refractivity contribution is -0.117. The summed E-state index contributed by atoms with van der Waals surface area (Å²) in [5.74, 6) is 0.00791. The Labute approximate surface area is 129 Å². The lowest BCUT2D eigenvalue weighted by Crippen LogP contribution is -2.20. The highest BCUT2D eigenvalue weighted by atomic mass is 32.2. The van der Waals surface area contributed by atoms with Crippen molar-refractivity contribution in [2.45, 2.75) is 18.2 Å². The molecule has 5 nitrogen and oxygen atoms in total. The first-order valence-corrected chi connectivity index (χ1v) is 8.34. The maximum Gasteiger partial charge on any atom is 0.261 e. The van der Waals surface area contributed by atoms with Crippen LogP contribution in [-0.2, 0) is 21.2 Å².